The van der Waals surface area contributed by atoms with Crippen LogP contribution >= 0.6 is 0 Å². The van der Waals surface area contributed by atoms with E-state index < -0.39 is 0 Å². The van der Waals surface area contributed by atoms with Crippen molar-refractivity contribution in [2.45, 2.75) is 19.3 Å². The average Bonchev–Trinajstić information content (AvgIpc) is 3.13. The molecule has 0 radical (unpaired) electrons. The zero-order valence-electron chi connectivity index (χ0n) is 12.4. The number of nitrogens with zero attached hydrogens (tertiary/aromatic N) is 2. The minimum atomic E-state index is -0.374. The molecule has 0 unspecified atom stereocenters. The molecule has 3 rings (SSSR count). The van der Waals surface area contributed by atoms with Crippen LogP contribution in [-0.2, 0) is 4.79 Å². The van der Waals surface area contributed by atoms with Crippen molar-refractivity contribution >= 4 is 5.91 Å². The smallest absolute Gasteiger partial charge is 0.260 e. The van der Waals surface area contributed by atoms with Gasteiger partial charge in [-0.1, -0.05) is 6.07 Å². The van der Waals surface area contributed by atoms with Gasteiger partial charge in [0.05, 0.1) is 6.20 Å². The molecule has 6 heteroatoms. The molecule has 1 aliphatic rings. The molecule has 1 fully saturated rings. The summed E-state index contributed by atoms with van der Waals surface area (Å²) in [5.41, 5.74) is 2.22. The van der Waals surface area contributed by atoms with Crippen molar-refractivity contribution in [3.8, 4) is 5.75 Å². The van der Waals surface area contributed by atoms with Crippen LogP contribution in [0.25, 0.3) is 0 Å². The van der Waals surface area contributed by atoms with E-state index in [9.17, 15) is 9.18 Å². The van der Waals surface area contributed by atoms with Crippen LogP contribution in [0.15, 0.2) is 30.5 Å². The van der Waals surface area contributed by atoms with Gasteiger partial charge in [-0.25, -0.2) is 4.39 Å². The lowest BCUT2D eigenvalue weighted by atomic mass is 10.0. The van der Waals surface area contributed by atoms with Crippen molar-refractivity contribution in [2.24, 2.45) is 0 Å². The zero-order valence-corrected chi connectivity index (χ0v) is 12.4. The number of aromatic amines is 1. The fourth-order valence-corrected chi connectivity index (χ4v) is 2.79. The highest BCUT2D eigenvalue weighted by Gasteiger charge is 2.29. The zero-order chi connectivity index (χ0) is 15.5. The number of ether oxygens (including phenoxy) is 1. The molecule has 5 nitrogen and oxygen atoms in total. The lowest BCUT2D eigenvalue weighted by Crippen LogP contribution is -2.32. The molecule has 0 bridgehead atoms. The molecule has 1 atom stereocenters. The second-order valence-corrected chi connectivity index (χ2v) is 5.54. The number of aryl methyl sites for hydroxylation is 1. The number of nitrogens with one attached hydrogen (secondary N) is 1. The number of halogens is 1. The minimum absolute atomic E-state index is 0.0713. The maximum absolute atomic E-state index is 13.1. The number of likely N-dealkylation sites (tertiary alicyclic amines) is 1. The van der Waals surface area contributed by atoms with Crippen LogP contribution in [-0.4, -0.2) is 40.7 Å². The number of aromatic nitrogens is 2. The second kappa shape index (κ2) is 6.17. The Morgan fingerprint density at radius 3 is 3.14 bits per heavy atom. The van der Waals surface area contributed by atoms with Gasteiger partial charge < -0.3 is 9.64 Å². The normalized spacial score (nSPS) is 17.7. The number of hydrogen-bond donors (Lipinski definition) is 1. The number of rotatable bonds is 4. The molecule has 0 aliphatic carbocycles. The van der Waals surface area contributed by atoms with Gasteiger partial charge in [0.1, 0.15) is 11.6 Å². The first-order chi connectivity index (χ1) is 10.6. The molecular formula is C16H18FN3O2. The molecule has 2 heterocycles. The van der Waals surface area contributed by atoms with Crippen molar-refractivity contribution in [3.63, 3.8) is 0 Å². The minimum Gasteiger partial charge on any atom is -0.484 e. The van der Waals surface area contributed by atoms with E-state index in [4.69, 9.17) is 4.74 Å². The summed E-state index contributed by atoms with van der Waals surface area (Å²) in [6.45, 7) is 3.30. The van der Waals surface area contributed by atoms with E-state index in [1.807, 2.05) is 6.92 Å². The Kier molecular flexibility index (Phi) is 4.09. The van der Waals surface area contributed by atoms with Gasteiger partial charge in [-0.15, -0.1) is 0 Å². The monoisotopic (exact) mass is 303 g/mol. The van der Waals surface area contributed by atoms with Gasteiger partial charge >= 0.3 is 0 Å². The predicted molar refractivity (Wildman–Crippen MR) is 79.2 cm³/mol. The summed E-state index contributed by atoms with van der Waals surface area (Å²) < 4.78 is 18.4. The van der Waals surface area contributed by atoms with Crippen molar-refractivity contribution in [3.05, 3.63) is 47.5 Å². The third-order valence-corrected chi connectivity index (χ3v) is 3.98. The molecule has 1 N–H and O–H groups in total. The fraction of sp³-hybridized carbons (Fsp3) is 0.375. The predicted octanol–water partition coefficient (Wildman–Crippen LogP) is 2.25. The van der Waals surface area contributed by atoms with Crippen LogP contribution in [0.2, 0.25) is 0 Å². The van der Waals surface area contributed by atoms with Crippen LogP contribution in [0, 0.1) is 12.7 Å². The molecule has 1 aromatic carbocycles. The van der Waals surface area contributed by atoms with E-state index in [0.717, 1.165) is 17.7 Å². The number of hydrogen-bond acceptors (Lipinski definition) is 3. The van der Waals surface area contributed by atoms with Crippen molar-refractivity contribution < 1.29 is 13.9 Å². The Balaban J connectivity index is 1.54. The quantitative estimate of drug-likeness (QED) is 0.942. The Morgan fingerprint density at radius 1 is 1.55 bits per heavy atom. The highest BCUT2D eigenvalue weighted by atomic mass is 19.1. The molecule has 22 heavy (non-hydrogen) atoms. The Labute approximate surface area is 128 Å². The van der Waals surface area contributed by atoms with Crippen LogP contribution in [0.4, 0.5) is 4.39 Å². The molecule has 0 saturated carbocycles. The van der Waals surface area contributed by atoms with E-state index in [1.54, 1.807) is 23.2 Å². The van der Waals surface area contributed by atoms with E-state index in [1.165, 1.54) is 12.1 Å². The fourth-order valence-electron chi connectivity index (χ4n) is 2.79. The first-order valence-electron chi connectivity index (χ1n) is 7.29. The summed E-state index contributed by atoms with van der Waals surface area (Å²) in [4.78, 5) is 14.0. The largest absolute Gasteiger partial charge is 0.484 e. The number of H-pyrrole nitrogens is 1. The SMILES string of the molecule is Cc1cn[nH]c1[C@@H]1CCN(C(=O)COc2cccc(F)c2)C1. The lowest BCUT2D eigenvalue weighted by molar-refractivity contribution is -0.132. The first-order valence-corrected chi connectivity index (χ1v) is 7.29. The summed E-state index contributed by atoms with van der Waals surface area (Å²) in [5, 5.41) is 7.04. The molecular weight excluding hydrogens is 285 g/mol. The van der Waals surface area contributed by atoms with Gasteiger partial charge in [-0.2, -0.15) is 5.10 Å². The summed E-state index contributed by atoms with van der Waals surface area (Å²) in [5.74, 6) is 0.207. The highest BCUT2D eigenvalue weighted by Crippen LogP contribution is 2.27. The Hall–Kier alpha value is -2.37. The number of amides is 1. The van der Waals surface area contributed by atoms with E-state index >= 15 is 0 Å². The third kappa shape index (κ3) is 3.10. The van der Waals surface area contributed by atoms with E-state index in [-0.39, 0.29) is 18.3 Å². The number of carbonyl (C=O) groups is 1. The van der Waals surface area contributed by atoms with Crippen molar-refractivity contribution in [1.82, 2.24) is 15.1 Å². The third-order valence-electron chi connectivity index (χ3n) is 3.98. The first kappa shape index (κ1) is 14.6. The van der Waals surface area contributed by atoms with Gasteiger partial charge in [0.2, 0.25) is 0 Å². The standard InChI is InChI=1S/C16H18FN3O2/c1-11-8-18-19-16(11)12-5-6-20(9-12)15(21)10-22-14-4-2-3-13(17)7-14/h2-4,7-8,12H,5-6,9-10H2,1H3,(H,18,19)/t12-/m1/s1. The lowest BCUT2D eigenvalue weighted by Gasteiger charge is -2.17. The molecule has 1 saturated heterocycles. The molecule has 1 aromatic heterocycles. The topological polar surface area (TPSA) is 58.2 Å². The van der Waals surface area contributed by atoms with Gasteiger partial charge in [0.15, 0.2) is 6.61 Å². The summed E-state index contributed by atoms with van der Waals surface area (Å²) in [6.07, 6.45) is 2.71. The molecule has 1 aliphatic heterocycles. The summed E-state index contributed by atoms with van der Waals surface area (Å²) >= 11 is 0. The number of benzene rings is 1. The maximum Gasteiger partial charge on any atom is 0.260 e. The van der Waals surface area contributed by atoms with Crippen LogP contribution in [0.1, 0.15) is 23.6 Å². The van der Waals surface area contributed by atoms with Crippen LogP contribution in [0.3, 0.4) is 0 Å². The van der Waals surface area contributed by atoms with Crippen molar-refractivity contribution in [1.29, 1.82) is 0 Å². The summed E-state index contributed by atoms with van der Waals surface area (Å²) in [7, 11) is 0. The Morgan fingerprint density at radius 2 is 2.41 bits per heavy atom. The maximum atomic E-state index is 13.1. The van der Waals surface area contributed by atoms with Gasteiger partial charge in [-0.05, 0) is 31.0 Å². The Bertz CT molecular complexity index is 671. The van der Waals surface area contributed by atoms with Crippen LogP contribution < -0.4 is 4.74 Å². The number of carbonyl (C=O) groups excluding carboxylic acids is 1. The average molecular weight is 303 g/mol. The van der Waals surface area contributed by atoms with Gasteiger partial charge in [0.25, 0.3) is 5.91 Å². The van der Waals surface area contributed by atoms with Crippen molar-refractivity contribution in [2.75, 3.05) is 19.7 Å². The second-order valence-electron chi connectivity index (χ2n) is 5.54. The molecule has 2 aromatic rings. The molecule has 116 valence electrons. The highest BCUT2D eigenvalue weighted by molar-refractivity contribution is 5.78. The van der Waals surface area contributed by atoms with Gasteiger partial charge in [0, 0.05) is 30.8 Å². The van der Waals surface area contributed by atoms with E-state index in [2.05, 4.69) is 10.2 Å². The van der Waals surface area contributed by atoms with E-state index in [0.29, 0.717) is 24.8 Å². The van der Waals surface area contributed by atoms with Crippen LogP contribution in [0.5, 0.6) is 5.75 Å². The molecule has 1 amide bonds. The summed E-state index contributed by atoms with van der Waals surface area (Å²) in [6, 6.07) is 5.81. The van der Waals surface area contributed by atoms with Gasteiger partial charge in [-0.3, -0.25) is 9.89 Å². The molecule has 0 spiro atoms.